The molecular weight excluding hydrogens is 372 g/mol. The number of nitrogens with zero attached hydrogens (tertiary/aromatic N) is 3. The van der Waals surface area contributed by atoms with Gasteiger partial charge in [0.15, 0.2) is 5.78 Å². The predicted octanol–water partition coefficient (Wildman–Crippen LogP) is 2.89. The maximum atomic E-state index is 11.2. The Morgan fingerprint density at radius 1 is 1.29 bits per heavy atom. The SMILES string of the molecule is CN=C(C=C(N)C(C)=O)OCCCN1CCN(c2cccc3sccc23)CC1. The third-order valence-electron chi connectivity index (χ3n) is 4.96. The number of ether oxygens (including phenoxy) is 1. The average Bonchev–Trinajstić information content (AvgIpc) is 3.19. The molecule has 0 amide bonds. The minimum Gasteiger partial charge on any atom is -0.478 e. The molecule has 1 aliphatic heterocycles. The van der Waals surface area contributed by atoms with Gasteiger partial charge in [0, 0.05) is 68.5 Å². The first-order chi connectivity index (χ1) is 13.6. The van der Waals surface area contributed by atoms with Crippen LogP contribution in [0.4, 0.5) is 5.69 Å². The van der Waals surface area contributed by atoms with Crippen molar-refractivity contribution in [3.63, 3.8) is 0 Å². The van der Waals surface area contributed by atoms with E-state index in [-0.39, 0.29) is 11.5 Å². The monoisotopic (exact) mass is 400 g/mol. The molecule has 2 N–H and O–H groups in total. The summed E-state index contributed by atoms with van der Waals surface area (Å²) in [7, 11) is 1.63. The average molecular weight is 401 g/mol. The molecule has 1 aromatic heterocycles. The molecule has 28 heavy (non-hydrogen) atoms. The Hall–Kier alpha value is -2.38. The first-order valence-electron chi connectivity index (χ1n) is 9.59. The maximum Gasteiger partial charge on any atom is 0.210 e. The number of aliphatic imine (C=N–C) groups is 1. The van der Waals surface area contributed by atoms with E-state index in [2.05, 4.69) is 44.4 Å². The molecule has 3 rings (SSSR count). The highest BCUT2D eigenvalue weighted by Crippen LogP contribution is 2.31. The van der Waals surface area contributed by atoms with Crippen LogP contribution in [-0.2, 0) is 9.53 Å². The lowest BCUT2D eigenvalue weighted by molar-refractivity contribution is -0.113. The molecule has 2 aromatic rings. The third kappa shape index (κ3) is 5.11. The van der Waals surface area contributed by atoms with E-state index in [1.54, 1.807) is 18.4 Å². The van der Waals surface area contributed by atoms with Gasteiger partial charge in [0.2, 0.25) is 5.90 Å². The van der Waals surface area contributed by atoms with Gasteiger partial charge in [-0.1, -0.05) is 6.07 Å². The summed E-state index contributed by atoms with van der Waals surface area (Å²) in [6.07, 6.45) is 2.40. The quantitative estimate of drug-likeness (QED) is 0.335. The van der Waals surface area contributed by atoms with Crippen molar-refractivity contribution in [3.8, 4) is 0 Å². The summed E-state index contributed by atoms with van der Waals surface area (Å²) >= 11 is 1.80. The minimum absolute atomic E-state index is 0.164. The van der Waals surface area contributed by atoms with Gasteiger partial charge >= 0.3 is 0 Å². The molecule has 1 fully saturated rings. The number of rotatable bonds is 7. The Balaban J connectivity index is 1.42. The number of thiophene rings is 1. The number of Topliss-reactive ketones (excluding diaryl/α,β-unsaturated/α-hetero) is 1. The van der Waals surface area contributed by atoms with Gasteiger partial charge in [0.1, 0.15) is 0 Å². The van der Waals surface area contributed by atoms with Crippen molar-refractivity contribution in [3.05, 3.63) is 41.4 Å². The van der Waals surface area contributed by atoms with Gasteiger partial charge in [-0.3, -0.25) is 14.7 Å². The van der Waals surface area contributed by atoms with E-state index in [0.29, 0.717) is 12.5 Å². The highest BCUT2D eigenvalue weighted by atomic mass is 32.1. The number of hydrogen-bond acceptors (Lipinski definition) is 7. The van der Waals surface area contributed by atoms with Crippen LogP contribution in [0.3, 0.4) is 0 Å². The van der Waals surface area contributed by atoms with E-state index in [4.69, 9.17) is 10.5 Å². The standard InChI is InChI=1S/C21H28N4O2S/c1-16(26)18(22)15-21(23-2)27-13-4-8-24-9-11-25(12-10-24)19-5-3-6-20-17(19)7-14-28-20/h3,5-7,14-15H,4,8-13,22H2,1-2H3. The van der Waals surface area contributed by atoms with Gasteiger partial charge in [0.05, 0.1) is 12.3 Å². The molecule has 2 heterocycles. The summed E-state index contributed by atoms with van der Waals surface area (Å²) in [6.45, 7) is 7.14. The maximum absolute atomic E-state index is 11.2. The summed E-state index contributed by atoms with van der Waals surface area (Å²) < 4.78 is 6.99. The normalized spacial score (nSPS) is 16.6. The molecule has 1 aliphatic rings. The lowest BCUT2D eigenvalue weighted by Gasteiger charge is -2.36. The Kier molecular flexibility index (Phi) is 7.06. The predicted molar refractivity (Wildman–Crippen MR) is 117 cm³/mol. The van der Waals surface area contributed by atoms with Crippen LogP contribution in [0.15, 0.2) is 46.4 Å². The van der Waals surface area contributed by atoms with E-state index in [9.17, 15) is 4.79 Å². The van der Waals surface area contributed by atoms with Crippen molar-refractivity contribution in [2.45, 2.75) is 13.3 Å². The van der Waals surface area contributed by atoms with Crippen LogP contribution in [0.25, 0.3) is 10.1 Å². The van der Waals surface area contributed by atoms with Crippen molar-refractivity contribution in [1.82, 2.24) is 4.90 Å². The fourth-order valence-electron chi connectivity index (χ4n) is 3.34. The van der Waals surface area contributed by atoms with Gasteiger partial charge in [-0.15, -0.1) is 11.3 Å². The summed E-state index contributed by atoms with van der Waals surface area (Å²) in [4.78, 5) is 20.2. The third-order valence-corrected chi connectivity index (χ3v) is 5.84. The zero-order chi connectivity index (χ0) is 19.9. The van der Waals surface area contributed by atoms with Crippen molar-refractivity contribution in [1.29, 1.82) is 0 Å². The fourth-order valence-corrected chi connectivity index (χ4v) is 4.14. The largest absolute Gasteiger partial charge is 0.478 e. The number of carbonyl (C=O) groups is 1. The molecule has 0 atom stereocenters. The summed E-state index contributed by atoms with van der Waals surface area (Å²) in [5.41, 5.74) is 7.15. The molecule has 0 radical (unpaired) electrons. The number of ketones is 1. The fraction of sp³-hybridized carbons (Fsp3) is 0.429. The second-order valence-electron chi connectivity index (χ2n) is 6.86. The van der Waals surface area contributed by atoms with Crippen LogP contribution in [-0.4, -0.2) is 63.0 Å². The second-order valence-corrected chi connectivity index (χ2v) is 7.81. The van der Waals surface area contributed by atoms with Crippen LogP contribution < -0.4 is 10.6 Å². The number of anilines is 1. The van der Waals surface area contributed by atoms with Crippen LogP contribution >= 0.6 is 11.3 Å². The number of benzene rings is 1. The Morgan fingerprint density at radius 3 is 2.79 bits per heavy atom. The first-order valence-corrected chi connectivity index (χ1v) is 10.5. The summed E-state index contributed by atoms with van der Waals surface area (Å²) in [5, 5.41) is 3.52. The van der Waals surface area contributed by atoms with Gasteiger partial charge in [-0.2, -0.15) is 0 Å². The van der Waals surface area contributed by atoms with E-state index in [1.165, 1.54) is 28.8 Å². The van der Waals surface area contributed by atoms with Gasteiger partial charge in [0.25, 0.3) is 0 Å². The van der Waals surface area contributed by atoms with Crippen LogP contribution in [0.2, 0.25) is 0 Å². The van der Waals surface area contributed by atoms with Crippen molar-refractivity contribution < 1.29 is 9.53 Å². The van der Waals surface area contributed by atoms with Gasteiger partial charge in [-0.05, 0) is 30.0 Å². The lowest BCUT2D eigenvalue weighted by atomic mass is 10.2. The number of nitrogens with two attached hydrogens (primary N) is 1. The number of allylic oxidation sites excluding steroid dienone is 1. The zero-order valence-electron chi connectivity index (χ0n) is 16.6. The molecule has 0 spiro atoms. The number of hydrogen-bond donors (Lipinski definition) is 1. The number of fused-ring (bicyclic) bond motifs is 1. The van der Waals surface area contributed by atoms with E-state index >= 15 is 0 Å². The highest BCUT2D eigenvalue weighted by molar-refractivity contribution is 7.17. The molecule has 1 saturated heterocycles. The molecule has 0 aliphatic carbocycles. The number of piperazine rings is 1. The topological polar surface area (TPSA) is 71.2 Å². The van der Waals surface area contributed by atoms with Gasteiger partial charge < -0.3 is 15.4 Å². The molecule has 7 heteroatoms. The molecule has 1 aromatic carbocycles. The van der Waals surface area contributed by atoms with E-state index in [0.717, 1.165) is 39.1 Å². The molecular formula is C21H28N4O2S. The molecule has 6 nitrogen and oxygen atoms in total. The molecule has 0 bridgehead atoms. The van der Waals surface area contributed by atoms with Crippen LogP contribution in [0.1, 0.15) is 13.3 Å². The summed E-state index contributed by atoms with van der Waals surface area (Å²) in [6, 6.07) is 8.79. The number of carbonyl (C=O) groups excluding carboxylic acids is 1. The molecule has 150 valence electrons. The summed E-state index contributed by atoms with van der Waals surface area (Å²) in [5.74, 6) is 0.224. The van der Waals surface area contributed by atoms with E-state index < -0.39 is 0 Å². The minimum atomic E-state index is -0.180. The smallest absolute Gasteiger partial charge is 0.210 e. The zero-order valence-corrected chi connectivity index (χ0v) is 17.4. The van der Waals surface area contributed by atoms with Crippen molar-refractivity contribution >= 4 is 38.8 Å². The Morgan fingerprint density at radius 2 is 2.07 bits per heavy atom. The van der Waals surface area contributed by atoms with E-state index in [1.807, 2.05) is 0 Å². The molecule has 0 unspecified atom stereocenters. The first kappa shape index (κ1) is 20.4. The Bertz CT molecular complexity index is 866. The highest BCUT2D eigenvalue weighted by Gasteiger charge is 2.18. The lowest BCUT2D eigenvalue weighted by Crippen LogP contribution is -2.46. The van der Waals surface area contributed by atoms with Crippen LogP contribution in [0, 0.1) is 0 Å². The van der Waals surface area contributed by atoms with Gasteiger partial charge in [-0.25, -0.2) is 0 Å². The van der Waals surface area contributed by atoms with Crippen molar-refractivity contribution in [2.24, 2.45) is 10.7 Å². The second kappa shape index (κ2) is 9.71. The van der Waals surface area contributed by atoms with Crippen molar-refractivity contribution in [2.75, 3.05) is 51.3 Å². The molecule has 0 saturated carbocycles. The van der Waals surface area contributed by atoms with Crippen LogP contribution in [0.5, 0.6) is 0 Å². The Labute approximate surface area is 170 Å².